The van der Waals surface area contributed by atoms with Crippen molar-refractivity contribution in [2.45, 2.75) is 18.9 Å². The first kappa shape index (κ1) is 11.4. The van der Waals surface area contributed by atoms with E-state index >= 15 is 0 Å². The number of hydrogen-bond acceptors (Lipinski definition) is 5. The molecule has 0 radical (unpaired) electrons. The van der Waals surface area contributed by atoms with Crippen molar-refractivity contribution in [3.05, 3.63) is 11.2 Å². The number of aliphatic hydroxyl groups is 1. The second-order valence-corrected chi connectivity index (χ2v) is 4.15. The first-order valence-corrected chi connectivity index (χ1v) is 5.58. The second-order valence-electron chi connectivity index (χ2n) is 3.75. The SMILES string of the molecule is COc1ncc(Cl)c(N2CCC(O)CC2)n1. The molecule has 0 saturated carbocycles. The number of nitrogens with zero attached hydrogens (tertiary/aromatic N) is 3. The zero-order chi connectivity index (χ0) is 11.5. The molecule has 88 valence electrons. The Morgan fingerprint density at radius 2 is 2.19 bits per heavy atom. The predicted octanol–water partition coefficient (Wildman–Crippen LogP) is 1.10. The maximum Gasteiger partial charge on any atom is 0.318 e. The lowest BCUT2D eigenvalue weighted by Gasteiger charge is -2.30. The summed E-state index contributed by atoms with van der Waals surface area (Å²) in [4.78, 5) is 10.2. The van der Waals surface area contributed by atoms with Crippen LogP contribution in [0.3, 0.4) is 0 Å². The number of ether oxygens (including phenoxy) is 1. The maximum absolute atomic E-state index is 9.43. The molecule has 1 aromatic heterocycles. The summed E-state index contributed by atoms with van der Waals surface area (Å²) in [5.74, 6) is 0.681. The number of aliphatic hydroxyl groups excluding tert-OH is 1. The summed E-state index contributed by atoms with van der Waals surface area (Å²) in [7, 11) is 1.52. The highest BCUT2D eigenvalue weighted by Crippen LogP contribution is 2.26. The van der Waals surface area contributed by atoms with Crippen molar-refractivity contribution in [2.24, 2.45) is 0 Å². The molecule has 1 aliphatic rings. The zero-order valence-electron chi connectivity index (χ0n) is 9.06. The van der Waals surface area contributed by atoms with E-state index in [9.17, 15) is 5.11 Å². The van der Waals surface area contributed by atoms with Crippen molar-refractivity contribution >= 4 is 17.4 Å². The van der Waals surface area contributed by atoms with Crippen LogP contribution in [0.4, 0.5) is 5.82 Å². The summed E-state index contributed by atoms with van der Waals surface area (Å²) in [6.45, 7) is 1.50. The topological polar surface area (TPSA) is 58.5 Å². The molecule has 0 aromatic carbocycles. The maximum atomic E-state index is 9.43. The summed E-state index contributed by atoms with van der Waals surface area (Å²) in [5.41, 5.74) is 0. The van der Waals surface area contributed by atoms with E-state index in [0.717, 1.165) is 25.9 Å². The summed E-state index contributed by atoms with van der Waals surface area (Å²) in [6.07, 6.45) is 2.80. The van der Waals surface area contributed by atoms with Crippen LogP contribution in [0, 0.1) is 0 Å². The lowest BCUT2D eigenvalue weighted by atomic mass is 10.1. The van der Waals surface area contributed by atoms with Gasteiger partial charge in [0.2, 0.25) is 0 Å². The van der Waals surface area contributed by atoms with Crippen LogP contribution in [-0.2, 0) is 0 Å². The van der Waals surface area contributed by atoms with Crippen LogP contribution < -0.4 is 9.64 Å². The van der Waals surface area contributed by atoms with Crippen molar-refractivity contribution in [1.82, 2.24) is 9.97 Å². The van der Waals surface area contributed by atoms with Gasteiger partial charge in [0.1, 0.15) is 5.02 Å². The zero-order valence-corrected chi connectivity index (χ0v) is 9.81. The van der Waals surface area contributed by atoms with E-state index in [0.29, 0.717) is 16.9 Å². The minimum Gasteiger partial charge on any atom is -0.467 e. The van der Waals surface area contributed by atoms with Crippen LogP contribution in [0.1, 0.15) is 12.8 Å². The third kappa shape index (κ3) is 2.36. The average Bonchev–Trinajstić information content (AvgIpc) is 2.31. The molecule has 1 aliphatic heterocycles. The Morgan fingerprint density at radius 1 is 1.50 bits per heavy atom. The Hall–Kier alpha value is -1.07. The Labute approximate surface area is 99.0 Å². The largest absolute Gasteiger partial charge is 0.467 e. The summed E-state index contributed by atoms with van der Waals surface area (Å²) >= 11 is 6.04. The lowest BCUT2D eigenvalue weighted by molar-refractivity contribution is 0.145. The molecule has 0 bridgehead atoms. The summed E-state index contributed by atoms with van der Waals surface area (Å²) < 4.78 is 4.96. The van der Waals surface area contributed by atoms with Crippen molar-refractivity contribution in [3.63, 3.8) is 0 Å². The third-order valence-corrected chi connectivity index (χ3v) is 2.92. The van der Waals surface area contributed by atoms with Gasteiger partial charge in [-0.25, -0.2) is 4.98 Å². The van der Waals surface area contributed by atoms with Gasteiger partial charge in [0.15, 0.2) is 5.82 Å². The van der Waals surface area contributed by atoms with E-state index in [1.807, 2.05) is 4.90 Å². The van der Waals surface area contributed by atoms with Gasteiger partial charge in [-0.2, -0.15) is 4.98 Å². The van der Waals surface area contributed by atoms with Crippen LogP contribution in [0.25, 0.3) is 0 Å². The number of rotatable bonds is 2. The van der Waals surface area contributed by atoms with Crippen molar-refractivity contribution in [3.8, 4) is 6.01 Å². The molecule has 1 saturated heterocycles. The second kappa shape index (κ2) is 4.84. The van der Waals surface area contributed by atoms with Crippen LogP contribution in [-0.4, -0.2) is 41.4 Å². The minimum absolute atomic E-state index is 0.209. The molecule has 6 heteroatoms. The highest BCUT2D eigenvalue weighted by atomic mass is 35.5. The molecule has 0 spiro atoms. The number of halogens is 1. The smallest absolute Gasteiger partial charge is 0.318 e. The van der Waals surface area contributed by atoms with Gasteiger partial charge in [-0.15, -0.1) is 0 Å². The fourth-order valence-corrected chi connectivity index (χ4v) is 1.95. The lowest BCUT2D eigenvalue weighted by Crippen LogP contribution is -2.36. The van der Waals surface area contributed by atoms with Crippen LogP contribution in [0.2, 0.25) is 5.02 Å². The molecule has 0 unspecified atom stereocenters. The molecule has 16 heavy (non-hydrogen) atoms. The van der Waals surface area contributed by atoms with Crippen LogP contribution in [0.5, 0.6) is 6.01 Å². The standard InChI is InChI=1S/C10H14ClN3O2/c1-16-10-12-6-8(11)9(13-10)14-4-2-7(15)3-5-14/h6-7,15H,2-5H2,1H3. The Morgan fingerprint density at radius 3 is 2.81 bits per heavy atom. The van der Waals surface area contributed by atoms with Crippen molar-refractivity contribution in [1.29, 1.82) is 0 Å². The first-order chi connectivity index (χ1) is 7.70. The molecule has 0 amide bonds. The van der Waals surface area contributed by atoms with Crippen LogP contribution >= 0.6 is 11.6 Å². The molecule has 0 atom stereocenters. The van der Waals surface area contributed by atoms with Gasteiger partial charge in [0.25, 0.3) is 0 Å². The quantitative estimate of drug-likeness (QED) is 0.843. The van der Waals surface area contributed by atoms with E-state index in [-0.39, 0.29) is 6.10 Å². The van der Waals surface area contributed by atoms with E-state index in [1.165, 1.54) is 13.3 Å². The highest BCUT2D eigenvalue weighted by molar-refractivity contribution is 6.32. The summed E-state index contributed by atoms with van der Waals surface area (Å²) in [6, 6.07) is 0.311. The van der Waals surface area contributed by atoms with E-state index in [2.05, 4.69) is 9.97 Å². The minimum atomic E-state index is -0.209. The van der Waals surface area contributed by atoms with Gasteiger partial charge in [-0.1, -0.05) is 11.6 Å². The predicted molar refractivity (Wildman–Crippen MR) is 61.0 cm³/mol. The number of methoxy groups -OCH3 is 1. The molecule has 2 heterocycles. The average molecular weight is 244 g/mol. The van der Waals surface area contributed by atoms with Gasteiger partial charge in [0, 0.05) is 13.1 Å². The fraction of sp³-hybridized carbons (Fsp3) is 0.600. The molecule has 0 aliphatic carbocycles. The molecular formula is C10H14ClN3O2. The van der Waals surface area contributed by atoms with Gasteiger partial charge in [0.05, 0.1) is 19.4 Å². The van der Waals surface area contributed by atoms with Gasteiger partial charge in [-0.05, 0) is 12.8 Å². The molecule has 1 aromatic rings. The Kier molecular flexibility index (Phi) is 3.46. The van der Waals surface area contributed by atoms with Crippen molar-refractivity contribution in [2.75, 3.05) is 25.1 Å². The van der Waals surface area contributed by atoms with E-state index in [1.54, 1.807) is 0 Å². The third-order valence-electron chi connectivity index (χ3n) is 2.65. The Balaban J connectivity index is 2.19. The first-order valence-electron chi connectivity index (χ1n) is 5.20. The number of hydrogen-bond donors (Lipinski definition) is 1. The van der Waals surface area contributed by atoms with E-state index in [4.69, 9.17) is 16.3 Å². The molecule has 5 nitrogen and oxygen atoms in total. The number of aromatic nitrogens is 2. The van der Waals surface area contributed by atoms with E-state index < -0.39 is 0 Å². The van der Waals surface area contributed by atoms with Gasteiger partial charge < -0.3 is 14.7 Å². The number of piperidine rings is 1. The monoisotopic (exact) mass is 243 g/mol. The van der Waals surface area contributed by atoms with Gasteiger partial charge in [-0.3, -0.25) is 0 Å². The fourth-order valence-electron chi connectivity index (χ4n) is 1.74. The Bertz CT molecular complexity index is 367. The molecular weight excluding hydrogens is 230 g/mol. The van der Waals surface area contributed by atoms with Crippen LogP contribution in [0.15, 0.2) is 6.20 Å². The molecule has 1 fully saturated rings. The van der Waals surface area contributed by atoms with Crippen molar-refractivity contribution < 1.29 is 9.84 Å². The summed E-state index contributed by atoms with van der Waals surface area (Å²) in [5, 5.41) is 9.94. The normalized spacial score (nSPS) is 17.6. The molecule has 1 N–H and O–H groups in total. The molecule has 2 rings (SSSR count). The highest BCUT2D eigenvalue weighted by Gasteiger charge is 2.20. The van der Waals surface area contributed by atoms with Gasteiger partial charge >= 0.3 is 6.01 Å². The number of anilines is 1.